The topological polar surface area (TPSA) is 49.8 Å². The molecular weight excluding hydrogens is 266 g/mol. The van der Waals surface area contributed by atoms with Crippen LogP contribution in [0.2, 0.25) is 0 Å². The molecule has 0 aliphatic heterocycles. The van der Waals surface area contributed by atoms with E-state index in [1.165, 1.54) is 7.11 Å². The van der Waals surface area contributed by atoms with Gasteiger partial charge in [0.25, 0.3) is 5.91 Å². The first-order valence-electron chi connectivity index (χ1n) is 6.86. The average Bonchev–Trinajstić information content (AvgIpc) is 2.53. The molecule has 2 rings (SSSR count). The summed E-state index contributed by atoms with van der Waals surface area (Å²) < 4.78 is 5.05. The van der Waals surface area contributed by atoms with E-state index in [0.717, 1.165) is 5.56 Å². The van der Waals surface area contributed by atoms with Crippen LogP contribution in [0.3, 0.4) is 0 Å². The summed E-state index contributed by atoms with van der Waals surface area (Å²) in [6.45, 7) is 2.98. The predicted octanol–water partition coefficient (Wildman–Crippen LogP) is 3.06. The van der Waals surface area contributed by atoms with Crippen molar-refractivity contribution in [2.24, 2.45) is 0 Å². The summed E-state index contributed by atoms with van der Waals surface area (Å²) in [4.78, 5) is 14.3. The van der Waals surface area contributed by atoms with Crippen molar-refractivity contribution in [2.45, 2.75) is 13.5 Å². The number of rotatable bonds is 5. The number of hydrogen-bond donors (Lipinski definition) is 1. The molecule has 0 unspecified atom stereocenters. The maximum atomic E-state index is 12.6. The van der Waals surface area contributed by atoms with Crippen molar-refractivity contribution in [1.82, 2.24) is 4.90 Å². The molecule has 4 heteroatoms. The summed E-state index contributed by atoms with van der Waals surface area (Å²) >= 11 is 0. The van der Waals surface area contributed by atoms with Gasteiger partial charge in [0.2, 0.25) is 0 Å². The summed E-state index contributed by atoms with van der Waals surface area (Å²) in [5.74, 6) is -0.0223. The standard InChI is InChI=1S/C17H19NO3/c1-3-18(12-13-8-5-4-6-9-13)17(20)14-10-7-11-15(21-2)16(14)19/h4-11,19H,3,12H2,1-2H3. The largest absolute Gasteiger partial charge is 0.504 e. The van der Waals surface area contributed by atoms with Crippen molar-refractivity contribution in [2.75, 3.05) is 13.7 Å². The monoisotopic (exact) mass is 285 g/mol. The molecule has 0 fully saturated rings. The highest BCUT2D eigenvalue weighted by Gasteiger charge is 2.20. The first kappa shape index (κ1) is 14.9. The highest BCUT2D eigenvalue weighted by atomic mass is 16.5. The second kappa shape index (κ2) is 6.79. The quantitative estimate of drug-likeness (QED) is 0.918. The summed E-state index contributed by atoms with van der Waals surface area (Å²) in [6.07, 6.45) is 0. The van der Waals surface area contributed by atoms with Gasteiger partial charge in [0.05, 0.1) is 12.7 Å². The molecule has 110 valence electrons. The molecule has 0 heterocycles. The molecular formula is C17H19NO3. The van der Waals surface area contributed by atoms with Crippen LogP contribution in [-0.4, -0.2) is 29.6 Å². The van der Waals surface area contributed by atoms with Gasteiger partial charge < -0.3 is 14.7 Å². The zero-order valence-corrected chi connectivity index (χ0v) is 12.2. The van der Waals surface area contributed by atoms with Gasteiger partial charge in [-0.25, -0.2) is 0 Å². The van der Waals surface area contributed by atoms with E-state index in [1.807, 2.05) is 37.3 Å². The van der Waals surface area contributed by atoms with Gasteiger partial charge in [0.15, 0.2) is 11.5 Å². The first-order chi connectivity index (χ1) is 10.2. The number of benzene rings is 2. The second-order valence-corrected chi connectivity index (χ2v) is 4.66. The predicted molar refractivity (Wildman–Crippen MR) is 81.5 cm³/mol. The molecule has 4 nitrogen and oxygen atoms in total. The molecule has 0 aliphatic rings. The van der Waals surface area contributed by atoms with Crippen molar-refractivity contribution in [3.63, 3.8) is 0 Å². The van der Waals surface area contributed by atoms with Gasteiger partial charge in [-0.2, -0.15) is 0 Å². The van der Waals surface area contributed by atoms with E-state index in [9.17, 15) is 9.90 Å². The van der Waals surface area contributed by atoms with Gasteiger partial charge in [-0.1, -0.05) is 36.4 Å². The fraction of sp³-hybridized carbons (Fsp3) is 0.235. The number of para-hydroxylation sites is 1. The van der Waals surface area contributed by atoms with Gasteiger partial charge in [0.1, 0.15) is 0 Å². The average molecular weight is 285 g/mol. The lowest BCUT2D eigenvalue weighted by Crippen LogP contribution is -2.30. The Hall–Kier alpha value is -2.49. The Morgan fingerprint density at radius 3 is 2.48 bits per heavy atom. The Bertz CT molecular complexity index is 611. The minimum Gasteiger partial charge on any atom is -0.504 e. The molecule has 0 radical (unpaired) electrons. The van der Waals surface area contributed by atoms with Gasteiger partial charge in [-0.05, 0) is 24.6 Å². The number of phenols is 1. The maximum absolute atomic E-state index is 12.6. The fourth-order valence-corrected chi connectivity index (χ4v) is 2.16. The highest BCUT2D eigenvalue weighted by Crippen LogP contribution is 2.30. The molecule has 0 aliphatic carbocycles. The summed E-state index contributed by atoms with van der Waals surface area (Å²) in [5.41, 5.74) is 1.31. The van der Waals surface area contributed by atoms with Crippen LogP contribution in [0.25, 0.3) is 0 Å². The third kappa shape index (κ3) is 3.34. The van der Waals surface area contributed by atoms with Gasteiger partial charge in [-0.3, -0.25) is 4.79 Å². The number of amides is 1. The molecule has 0 saturated carbocycles. The summed E-state index contributed by atoms with van der Waals surface area (Å²) in [5, 5.41) is 10.1. The van der Waals surface area contributed by atoms with E-state index in [-0.39, 0.29) is 17.2 Å². The Balaban J connectivity index is 2.24. The van der Waals surface area contributed by atoms with E-state index in [4.69, 9.17) is 4.74 Å². The summed E-state index contributed by atoms with van der Waals surface area (Å²) in [7, 11) is 1.46. The number of hydrogen-bond acceptors (Lipinski definition) is 3. The normalized spacial score (nSPS) is 10.2. The zero-order valence-electron chi connectivity index (χ0n) is 12.2. The fourth-order valence-electron chi connectivity index (χ4n) is 2.16. The number of carbonyl (C=O) groups is 1. The number of nitrogens with zero attached hydrogens (tertiary/aromatic N) is 1. The third-order valence-corrected chi connectivity index (χ3v) is 3.33. The molecule has 21 heavy (non-hydrogen) atoms. The van der Waals surface area contributed by atoms with Crippen molar-refractivity contribution in [1.29, 1.82) is 0 Å². The van der Waals surface area contributed by atoms with E-state index >= 15 is 0 Å². The molecule has 1 amide bonds. The number of aromatic hydroxyl groups is 1. The van der Waals surface area contributed by atoms with Crippen molar-refractivity contribution in [3.05, 3.63) is 59.7 Å². The Morgan fingerprint density at radius 2 is 1.86 bits per heavy atom. The lowest BCUT2D eigenvalue weighted by atomic mass is 10.1. The Morgan fingerprint density at radius 1 is 1.14 bits per heavy atom. The Kier molecular flexibility index (Phi) is 4.82. The van der Waals surface area contributed by atoms with E-state index < -0.39 is 0 Å². The van der Waals surface area contributed by atoms with Crippen LogP contribution in [0.15, 0.2) is 48.5 Å². The molecule has 2 aromatic carbocycles. The van der Waals surface area contributed by atoms with Crippen molar-refractivity contribution >= 4 is 5.91 Å². The molecule has 0 spiro atoms. The van der Waals surface area contributed by atoms with Gasteiger partial charge in [0, 0.05) is 13.1 Å². The molecule has 0 bridgehead atoms. The minimum atomic E-state index is -0.210. The van der Waals surface area contributed by atoms with Crippen LogP contribution in [-0.2, 0) is 6.54 Å². The third-order valence-electron chi connectivity index (χ3n) is 3.33. The number of methoxy groups -OCH3 is 1. The van der Waals surface area contributed by atoms with Gasteiger partial charge in [-0.15, -0.1) is 0 Å². The number of carbonyl (C=O) groups excluding carboxylic acids is 1. The van der Waals surface area contributed by atoms with E-state index in [0.29, 0.717) is 18.8 Å². The van der Waals surface area contributed by atoms with Crippen LogP contribution in [0.1, 0.15) is 22.8 Å². The molecule has 0 saturated heterocycles. The van der Waals surface area contributed by atoms with Crippen molar-refractivity contribution < 1.29 is 14.6 Å². The minimum absolute atomic E-state index is 0.114. The first-order valence-corrected chi connectivity index (χ1v) is 6.86. The number of phenolic OH excluding ortho intramolecular Hbond substituents is 1. The Labute approximate surface area is 124 Å². The summed E-state index contributed by atoms with van der Waals surface area (Å²) in [6, 6.07) is 14.7. The van der Waals surface area contributed by atoms with Crippen LogP contribution in [0.4, 0.5) is 0 Å². The lowest BCUT2D eigenvalue weighted by molar-refractivity contribution is 0.0749. The van der Waals surface area contributed by atoms with Crippen LogP contribution in [0, 0.1) is 0 Å². The van der Waals surface area contributed by atoms with Crippen LogP contribution < -0.4 is 4.74 Å². The lowest BCUT2D eigenvalue weighted by Gasteiger charge is -2.22. The maximum Gasteiger partial charge on any atom is 0.258 e. The SMILES string of the molecule is CCN(Cc1ccccc1)C(=O)c1cccc(OC)c1O. The molecule has 2 aromatic rings. The van der Waals surface area contributed by atoms with Crippen LogP contribution in [0.5, 0.6) is 11.5 Å². The molecule has 1 N–H and O–H groups in total. The van der Waals surface area contributed by atoms with Crippen molar-refractivity contribution in [3.8, 4) is 11.5 Å². The highest BCUT2D eigenvalue weighted by molar-refractivity contribution is 5.97. The van der Waals surface area contributed by atoms with Crippen LogP contribution >= 0.6 is 0 Å². The van der Waals surface area contributed by atoms with Gasteiger partial charge >= 0.3 is 0 Å². The smallest absolute Gasteiger partial charge is 0.258 e. The second-order valence-electron chi connectivity index (χ2n) is 4.66. The number of ether oxygens (including phenoxy) is 1. The zero-order chi connectivity index (χ0) is 15.2. The molecule has 0 atom stereocenters. The van der Waals surface area contributed by atoms with E-state index in [1.54, 1.807) is 23.1 Å². The van der Waals surface area contributed by atoms with E-state index in [2.05, 4.69) is 0 Å². The molecule has 0 aromatic heterocycles.